The van der Waals surface area contributed by atoms with Crippen molar-refractivity contribution in [2.45, 2.75) is 6.54 Å². The number of rotatable bonds is 4. The van der Waals surface area contributed by atoms with Gasteiger partial charge in [-0.05, 0) is 30.3 Å². The first-order valence-corrected chi connectivity index (χ1v) is 8.23. The first-order chi connectivity index (χ1) is 11.5. The lowest BCUT2D eigenvalue weighted by Gasteiger charge is -2.04. The average Bonchev–Trinajstić information content (AvgIpc) is 2.90. The van der Waals surface area contributed by atoms with Crippen LogP contribution in [0.4, 0.5) is 10.2 Å². The van der Waals surface area contributed by atoms with E-state index in [9.17, 15) is 9.18 Å². The first-order valence-electron chi connectivity index (χ1n) is 7.06. The van der Waals surface area contributed by atoms with Gasteiger partial charge in [0.25, 0.3) is 5.91 Å². The highest BCUT2D eigenvalue weighted by molar-refractivity contribution is 9.10. The van der Waals surface area contributed by atoms with E-state index in [2.05, 4.69) is 26.3 Å². The van der Waals surface area contributed by atoms with Crippen molar-refractivity contribution < 1.29 is 9.18 Å². The molecule has 0 bridgehead atoms. The molecule has 24 heavy (non-hydrogen) atoms. The van der Waals surface area contributed by atoms with Crippen molar-refractivity contribution >= 4 is 39.3 Å². The summed E-state index contributed by atoms with van der Waals surface area (Å²) in [6.07, 6.45) is 1.55. The summed E-state index contributed by atoms with van der Waals surface area (Å²) < 4.78 is 16.1. The number of nitrogens with one attached hydrogen (secondary N) is 1. The van der Waals surface area contributed by atoms with Crippen LogP contribution in [0.15, 0.2) is 59.2 Å². The van der Waals surface area contributed by atoms with E-state index in [4.69, 9.17) is 11.6 Å². The van der Waals surface area contributed by atoms with E-state index >= 15 is 0 Å². The predicted molar refractivity (Wildman–Crippen MR) is 94.8 cm³/mol. The largest absolute Gasteiger partial charge is 0.304 e. The van der Waals surface area contributed by atoms with Gasteiger partial charge in [0.05, 0.1) is 6.54 Å². The van der Waals surface area contributed by atoms with Crippen LogP contribution in [0.2, 0.25) is 5.02 Å². The molecule has 0 fully saturated rings. The molecule has 1 N–H and O–H groups in total. The summed E-state index contributed by atoms with van der Waals surface area (Å²) in [5.41, 5.74) is 0.973. The molecule has 0 radical (unpaired) electrons. The molecule has 0 spiro atoms. The van der Waals surface area contributed by atoms with E-state index < -0.39 is 0 Å². The van der Waals surface area contributed by atoms with Crippen molar-refractivity contribution in [3.63, 3.8) is 0 Å². The summed E-state index contributed by atoms with van der Waals surface area (Å²) in [4.78, 5) is 12.2. The number of halogens is 3. The fourth-order valence-corrected chi connectivity index (χ4v) is 2.61. The van der Waals surface area contributed by atoms with Crippen molar-refractivity contribution in [2.24, 2.45) is 0 Å². The third-order valence-corrected chi connectivity index (χ3v) is 4.15. The second-order valence-electron chi connectivity index (χ2n) is 5.08. The molecule has 3 rings (SSSR count). The maximum atomic E-state index is 13.7. The zero-order valence-corrected chi connectivity index (χ0v) is 14.7. The number of carbonyl (C=O) groups is 1. The van der Waals surface area contributed by atoms with Crippen molar-refractivity contribution in [1.82, 2.24) is 9.78 Å². The van der Waals surface area contributed by atoms with Crippen LogP contribution in [0.25, 0.3) is 0 Å². The van der Waals surface area contributed by atoms with Crippen molar-refractivity contribution in [3.8, 4) is 0 Å². The summed E-state index contributed by atoms with van der Waals surface area (Å²) in [7, 11) is 0. The first kappa shape index (κ1) is 16.7. The van der Waals surface area contributed by atoms with Crippen LogP contribution in [0.5, 0.6) is 0 Å². The fourth-order valence-electron chi connectivity index (χ4n) is 2.14. The third-order valence-electron chi connectivity index (χ3n) is 3.35. The zero-order valence-electron chi connectivity index (χ0n) is 12.3. The van der Waals surface area contributed by atoms with Crippen LogP contribution < -0.4 is 5.32 Å². The topological polar surface area (TPSA) is 46.9 Å². The molecule has 0 unspecified atom stereocenters. The third kappa shape index (κ3) is 3.83. The van der Waals surface area contributed by atoms with Crippen LogP contribution in [0.1, 0.15) is 15.9 Å². The van der Waals surface area contributed by atoms with Crippen LogP contribution in [-0.2, 0) is 6.54 Å². The number of amides is 1. The number of aromatic nitrogens is 2. The monoisotopic (exact) mass is 407 g/mol. The molecular weight excluding hydrogens is 397 g/mol. The molecule has 0 saturated heterocycles. The van der Waals surface area contributed by atoms with Gasteiger partial charge in [-0.2, -0.15) is 5.10 Å². The standard InChI is InChI=1S/C17H12BrClFN3O/c18-13-7-5-11(6-8-13)17(24)21-16-14(19)10-23(22-16)9-12-3-1-2-4-15(12)20/h1-8,10H,9H2,(H,21,22,24). The average molecular weight is 409 g/mol. The minimum absolute atomic E-state index is 0.223. The summed E-state index contributed by atoms with van der Waals surface area (Å²) in [5, 5.41) is 7.15. The lowest BCUT2D eigenvalue weighted by Crippen LogP contribution is -2.13. The molecule has 122 valence electrons. The number of hydrogen-bond acceptors (Lipinski definition) is 2. The number of hydrogen-bond donors (Lipinski definition) is 1. The molecule has 0 atom stereocenters. The lowest BCUT2D eigenvalue weighted by molar-refractivity contribution is 0.102. The Kier molecular flexibility index (Phi) is 4.97. The van der Waals surface area contributed by atoms with E-state index in [1.54, 1.807) is 48.7 Å². The second kappa shape index (κ2) is 7.15. The highest BCUT2D eigenvalue weighted by atomic mass is 79.9. The normalized spacial score (nSPS) is 10.6. The summed E-state index contributed by atoms with van der Waals surface area (Å²) in [6.45, 7) is 0.223. The second-order valence-corrected chi connectivity index (χ2v) is 6.40. The molecule has 1 aromatic heterocycles. The lowest BCUT2D eigenvalue weighted by atomic mass is 10.2. The van der Waals surface area contributed by atoms with E-state index in [1.165, 1.54) is 10.7 Å². The number of benzene rings is 2. The van der Waals surface area contributed by atoms with Gasteiger partial charge in [0.1, 0.15) is 10.8 Å². The summed E-state index contributed by atoms with van der Waals surface area (Å²) >= 11 is 9.42. The van der Waals surface area contributed by atoms with E-state index in [1.807, 2.05) is 0 Å². The van der Waals surface area contributed by atoms with Gasteiger partial charge < -0.3 is 5.32 Å². The van der Waals surface area contributed by atoms with Gasteiger partial charge in [0, 0.05) is 21.8 Å². The molecular formula is C17H12BrClFN3O. The van der Waals surface area contributed by atoms with Gasteiger partial charge in [-0.15, -0.1) is 0 Å². The van der Waals surface area contributed by atoms with Crippen LogP contribution >= 0.6 is 27.5 Å². The molecule has 3 aromatic rings. The van der Waals surface area contributed by atoms with Crippen molar-refractivity contribution in [3.05, 3.63) is 81.2 Å². The number of carbonyl (C=O) groups excluding carboxylic acids is 1. The molecule has 1 heterocycles. The summed E-state index contributed by atoms with van der Waals surface area (Å²) in [6, 6.07) is 13.3. The van der Waals surface area contributed by atoms with Gasteiger partial charge in [-0.25, -0.2) is 4.39 Å². The maximum Gasteiger partial charge on any atom is 0.256 e. The fraction of sp³-hybridized carbons (Fsp3) is 0.0588. The number of anilines is 1. The zero-order chi connectivity index (χ0) is 17.1. The Labute approximate surface area is 151 Å². The Hall–Kier alpha value is -2.18. The summed E-state index contributed by atoms with van der Waals surface area (Å²) in [5.74, 6) is -0.397. The van der Waals surface area contributed by atoms with Gasteiger partial charge in [-0.3, -0.25) is 9.48 Å². The van der Waals surface area contributed by atoms with Gasteiger partial charge >= 0.3 is 0 Å². The van der Waals surface area contributed by atoms with E-state index in [0.29, 0.717) is 11.1 Å². The highest BCUT2D eigenvalue weighted by Gasteiger charge is 2.13. The molecule has 0 aliphatic heterocycles. The molecule has 0 saturated carbocycles. The Morgan fingerprint density at radius 3 is 2.62 bits per heavy atom. The molecule has 2 aromatic carbocycles. The maximum absolute atomic E-state index is 13.7. The highest BCUT2D eigenvalue weighted by Crippen LogP contribution is 2.21. The Bertz CT molecular complexity index is 880. The smallest absolute Gasteiger partial charge is 0.256 e. The molecule has 0 aliphatic carbocycles. The van der Waals surface area contributed by atoms with Crippen LogP contribution in [0, 0.1) is 5.82 Å². The van der Waals surface area contributed by atoms with Gasteiger partial charge in [-0.1, -0.05) is 45.7 Å². The quantitative estimate of drug-likeness (QED) is 0.678. The Morgan fingerprint density at radius 1 is 1.21 bits per heavy atom. The molecule has 4 nitrogen and oxygen atoms in total. The van der Waals surface area contributed by atoms with Crippen LogP contribution in [0.3, 0.4) is 0 Å². The molecule has 7 heteroatoms. The predicted octanol–water partition coefficient (Wildman–Crippen LogP) is 4.74. The van der Waals surface area contributed by atoms with Gasteiger partial charge in [0.2, 0.25) is 0 Å². The minimum atomic E-state index is -0.319. The van der Waals surface area contributed by atoms with E-state index in [-0.39, 0.29) is 29.1 Å². The molecule has 1 amide bonds. The van der Waals surface area contributed by atoms with E-state index in [0.717, 1.165) is 4.47 Å². The SMILES string of the molecule is O=C(Nc1nn(Cc2ccccc2F)cc1Cl)c1ccc(Br)cc1. The molecule has 0 aliphatic rings. The Morgan fingerprint density at radius 2 is 1.92 bits per heavy atom. The van der Waals surface area contributed by atoms with Crippen molar-refractivity contribution in [2.75, 3.05) is 5.32 Å². The Balaban J connectivity index is 1.75. The number of nitrogens with zero attached hydrogens (tertiary/aromatic N) is 2. The van der Waals surface area contributed by atoms with Gasteiger partial charge in [0.15, 0.2) is 5.82 Å². The minimum Gasteiger partial charge on any atom is -0.304 e. The van der Waals surface area contributed by atoms with Crippen molar-refractivity contribution in [1.29, 1.82) is 0 Å². The van der Waals surface area contributed by atoms with Crippen LogP contribution in [-0.4, -0.2) is 15.7 Å².